The van der Waals surface area contributed by atoms with Crippen LogP contribution in [0.1, 0.15) is 144 Å². The number of amides is 1. The molecular formula is C28H55NO4. The first-order chi connectivity index (χ1) is 15.8. The summed E-state index contributed by atoms with van der Waals surface area (Å²) >= 11 is 0. The quantitative estimate of drug-likeness (QED) is 0.135. The zero-order valence-electron chi connectivity index (χ0n) is 22.6. The largest absolute Gasteiger partial charge is 0.464 e. The molecule has 0 spiro atoms. The van der Waals surface area contributed by atoms with E-state index in [0.717, 1.165) is 19.3 Å². The van der Waals surface area contributed by atoms with Crippen LogP contribution in [0.25, 0.3) is 0 Å². The lowest BCUT2D eigenvalue weighted by molar-refractivity contribution is -0.149. The van der Waals surface area contributed by atoms with Gasteiger partial charge in [0.1, 0.15) is 6.04 Å². The molecule has 0 aliphatic carbocycles. The Labute approximate surface area is 205 Å². The minimum absolute atomic E-state index is 0.344. The van der Waals surface area contributed by atoms with Crippen LogP contribution in [0.2, 0.25) is 0 Å². The van der Waals surface area contributed by atoms with Crippen molar-refractivity contribution in [3.63, 3.8) is 0 Å². The molecule has 0 aliphatic heterocycles. The van der Waals surface area contributed by atoms with Gasteiger partial charge < -0.3 is 14.8 Å². The van der Waals surface area contributed by atoms with Gasteiger partial charge in [-0.05, 0) is 18.3 Å². The third kappa shape index (κ3) is 19.9. The Balaban J connectivity index is 3.65. The molecule has 1 amide bonds. The Morgan fingerprint density at radius 1 is 0.606 bits per heavy atom. The lowest BCUT2D eigenvalue weighted by Crippen LogP contribution is -2.50. The number of ether oxygens (including phenoxy) is 2. The van der Waals surface area contributed by atoms with Crippen LogP contribution in [-0.2, 0) is 14.3 Å². The van der Waals surface area contributed by atoms with Gasteiger partial charge in [0.15, 0.2) is 0 Å². The molecule has 196 valence electrons. The highest BCUT2D eigenvalue weighted by Gasteiger charge is 2.34. The number of hydrogen-bond donors (Lipinski definition) is 1. The lowest BCUT2D eigenvalue weighted by Gasteiger charge is -2.29. The van der Waals surface area contributed by atoms with Crippen molar-refractivity contribution < 1.29 is 19.1 Å². The predicted molar refractivity (Wildman–Crippen MR) is 139 cm³/mol. The highest BCUT2D eigenvalue weighted by atomic mass is 16.6. The smallest absolute Gasteiger partial charge is 0.407 e. The molecule has 5 nitrogen and oxygen atoms in total. The SMILES string of the molecule is CCCCCCCCCCCCCCCCCCOC(=O)C(NC(=O)OCCC)C(C)(C)C. The van der Waals surface area contributed by atoms with Gasteiger partial charge >= 0.3 is 12.1 Å². The first-order valence-electron chi connectivity index (χ1n) is 13.9. The second kappa shape index (κ2) is 21.3. The van der Waals surface area contributed by atoms with Crippen LogP contribution in [-0.4, -0.2) is 31.3 Å². The van der Waals surface area contributed by atoms with E-state index in [-0.39, 0.29) is 5.97 Å². The molecule has 5 heteroatoms. The fourth-order valence-electron chi connectivity index (χ4n) is 3.89. The topological polar surface area (TPSA) is 64.6 Å². The maximum absolute atomic E-state index is 12.5. The summed E-state index contributed by atoms with van der Waals surface area (Å²) in [4.78, 5) is 24.3. The molecule has 0 radical (unpaired) electrons. The summed E-state index contributed by atoms with van der Waals surface area (Å²) in [7, 11) is 0. The van der Waals surface area contributed by atoms with E-state index in [1.54, 1.807) is 0 Å². The van der Waals surface area contributed by atoms with E-state index < -0.39 is 17.6 Å². The molecule has 0 rings (SSSR count). The highest BCUT2D eigenvalue weighted by Crippen LogP contribution is 2.21. The monoisotopic (exact) mass is 469 g/mol. The van der Waals surface area contributed by atoms with Crippen molar-refractivity contribution in [1.29, 1.82) is 0 Å². The number of hydrogen-bond acceptors (Lipinski definition) is 4. The molecule has 0 aliphatic rings. The summed E-state index contributed by atoms with van der Waals surface area (Å²) in [5, 5.41) is 2.66. The average Bonchev–Trinajstić information content (AvgIpc) is 2.77. The second-order valence-corrected chi connectivity index (χ2v) is 10.6. The minimum Gasteiger partial charge on any atom is -0.464 e. The van der Waals surface area contributed by atoms with Gasteiger partial charge in [-0.1, -0.05) is 131 Å². The molecule has 0 aromatic rings. The van der Waals surface area contributed by atoms with Crippen LogP contribution in [0.5, 0.6) is 0 Å². The Kier molecular flexibility index (Phi) is 20.5. The molecule has 0 aromatic heterocycles. The standard InChI is InChI=1S/C28H55NO4/c1-6-8-9-10-11-12-13-14-15-16-17-18-19-20-21-22-24-32-26(30)25(28(3,4)5)29-27(31)33-23-7-2/h25H,6-24H2,1-5H3,(H,29,31). The van der Waals surface area contributed by atoms with Crippen LogP contribution < -0.4 is 5.32 Å². The molecule has 0 saturated heterocycles. The number of carbonyl (C=O) groups is 2. The van der Waals surface area contributed by atoms with Crippen molar-refractivity contribution in [2.45, 2.75) is 150 Å². The van der Waals surface area contributed by atoms with E-state index in [0.29, 0.717) is 13.2 Å². The Morgan fingerprint density at radius 2 is 1.03 bits per heavy atom. The van der Waals surface area contributed by atoms with Crippen LogP contribution in [0.4, 0.5) is 4.79 Å². The van der Waals surface area contributed by atoms with Crippen molar-refractivity contribution in [2.24, 2.45) is 5.41 Å². The first kappa shape index (κ1) is 31.7. The third-order valence-corrected chi connectivity index (χ3v) is 6.04. The predicted octanol–water partition coefficient (Wildman–Crippen LogP) is 8.34. The Morgan fingerprint density at radius 3 is 1.42 bits per heavy atom. The zero-order chi connectivity index (χ0) is 24.8. The maximum atomic E-state index is 12.5. The van der Waals surface area contributed by atoms with Gasteiger partial charge in [0, 0.05) is 0 Å². The number of unbranched alkanes of at least 4 members (excludes halogenated alkanes) is 15. The second-order valence-electron chi connectivity index (χ2n) is 10.6. The highest BCUT2D eigenvalue weighted by molar-refractivity contribution is 5.82. The number of nitrogens with one attached hydrogen (secondary N) is 1. The van der Waals surface area contributed by atoms with E-state index in [1.165, 1.54) is 89.9 Å². The molecule has 1 atom stereocenters. The molecule has 0 aromatic carbocycles. The molecule has 1 N–H and O–H groups in total. The van der Waals surface area contributed by atoms with Crippen LogP contribution >= 0.6 is 0 Å². The summed E-state index contributed by atoms with van der Waals surface area (Å²) in [6.45, 7) is 10.7. The van der Waals surface area contributed by atoms with Crippen LogP contribution in [0.3, 0.4) is 0 Å². The molecule has 1 unspecified atom stereocenters. The summed E-state index contributed by atoms with van der Waals surface area (Å²) in [6, 6.07) is -0.706. The van der Waals surface area contributed by atoms with Crippen molar-refractivity contribution in [2.75, 3.05) is 13.2 Å². The number of carbonyl (C=O) groups excluding carboxylic acids is 2. The minimum atomic E-state index is -0.706. The average molecular weight is 470 g/mol. The fourth-order valence-corrected chi connectivity index (χ4v) is 3.89. The maximum Gasteiger partial charge on any atom is 0.407 e. The lowest BCUT2D eigenvalue weighted by atomic mass is 9.87. The first-order valence-corrected chi connectivity index (χ1v) is 13.9. The van der Waals surface area contributed by atoms with E-state index >= 15 is 0 Å². The van der Waals surface area contributed by atoms with E-state index in [4.69, 9.17) is 9.47 Å². The van der Waals surface area contributed by atoms with E-state index in [2.05, 4.69) is 12.2 Å². The molecular weight excluding hydrogens is 414 g/mol. The summed E-state index contributed by atoms with van der Waals surface area (Å²) in [5.74, 6) is -0.378. The molecule has 0 fully saturated rings. The molecule has 0 bridgehead atoms. The van der Waals surface area contributed by atoms with Gasteiger partial charge in [-0.15, -0.1) is 0 Å². The Bertz CT molecular complexity index is 473. The van der Waals surface area contributed by atoms with Gasteiger partial charge in [0.2, 0.25) is 0 Å². The summed E-state index contributed by atoms with van der Waals surface area (Å²) in [5.41, 5.74) is -0.434. The fraction of sp³-hybridized carbons (Fsp3) is 0.929. The van der Waals surface area contributed by atoms with Gasteiger partial charge in [-0.3, -0.25) is 0 Å². The number of esters is 1. The van der Waals surface area contributed by atoms with Crippen molar-refractivity contribution in [1.82, 2.24) is 5.32 Å². The van der Waals surface area contributed by atoms with Gasteiger partial charge in [-0.25, -0.2) is 9.59 Å². The van der Waals surface area contributed by atoms with Crippen molar-refractivity contribution in [3.05, 3.63) is 0 Å². The summed E-state index contributed by atoms with van der Waals surface area (Å²) in [6.07, 6.45) is 21.3. The van der Waals surface area contributed by atoms with Crippen LogP contribution in [0, 0.1) is 5.41 Å². The van der Waals surface area contributed by atoms with Gasteiger partial charge in [-0.2, -0.15) is 0 Å². The normalized spacial score (nSPS) is 12.4. The molecule has 0 saturated carbocycles. The molecule has 33 heavy (non-hydrogen) atoms. The van der Waals surface area contributed by atoms with Crippen molar-refractivity contribution >= 4 is 12.1 Å². The van der Waals surface area contributed by atoms with Gasteiger partial charge in [0.05, 0.1) is 13.2 Å². The van der Waals surface area contributed by atoms with Crippen molar-refractivity contribution in [3.8, 4) is 0 Å². The molecule has 0 heterocycles. The number of rotatable bonds is 21. The van der Waals surface area contributed by atoms with E-state index in [9.17, 15) is 9.59 Å². The van der Waals surface area contributed by atoms with E-state index in [1.807, 2.05) is 27.7 Å². The summed E-state index contributed by atoms with van der Waals surface area (Å²) < 4.78 is 10.5. The van der Waals surface area contributed by atoms with Crippen LogP contribution in [0.15, 0.2) is 0 Å². The Hall–Kier alpha value is -1.26. The third-order valence-electron chi connectivity index (χ3n) is 6.04. The number of alkyl carbamates (subject to hydrolysis) is 1. The van der Waals surface area contributed by atoms with Gasteiger partial charge in [0.25, 0.3) is 0 Å². The zero-order valence-corrected chi connectivity index (χ0v) is 22.6.